The Hall–Kier alpha value is -2.00. The molecule has 0 aliphatic rings. The van der Waals surface area contributed by atoms with Gasteiger partial charge in [0.05, 0.1) is 19.8 Å². The quantitative estimate of drug-likeness (QED) is 0.398. The van der Waals surface area contributed by atoms with Gasteiger partial charge in [0.2, 0.25) is 0 Å². The van der Waals surface area contributed by atoms with Crippen molar-refractivity contribution in [3.05, 3.63) is 42.0 Å². The fourth-order valence-corrected chi connectivity index (χ4v) is 4.87. The molecule has 31 heavy (non-hydrogen) atoms. The second kappa shape index (κ2) is 11.6. The molecule has 0 fully saturated rings. The van der Waals surface area contributed by atoms with E-state index in [1.807, 2.05) is 56.7 Å². The van der Waals surface area contributed by atoms with E-state index >= 15 is 0 Å². The summed E-state index contributed by atoms with van der Waals surface area (Å²) in [5.74, 6) is 1.34. The molecule has 1 amide bonds. The zero-order valence-electron chi connectivity index (χ0n) is 18.4. The van der Waals surface area contributed by atoms with Crippen LogP contribution in [-0.4, -0.2) is 63.5 Å². The van der Waals surface area contributed by atoms with E-state index < -0.39 is 0 Å². The van der Waals surface area contributed by atoms with E-state index in [0.29, 0.717) is 28.5 Å². The zero-order valence-corrected chi connectivity index (χ0v) is 20.8. The van der Waals surface area contributed by atoms with Crippen LogP contribution in [0.2, 0.25) is 0 Å². The average molecular weight is 482 g/mol. The molecule has 0 unspecified atom stereocenters. The lowest BCUT2D eigenvalue weighted by Crippen LogP contribution is -2.33. The molecule has 0 radical (unpaired) electrons. The van der Waals surface area contributed by atoms with Crippen molar-refractivity contribution in [1.29, 1.82) is 0 Å². The number of amides is 1. The summed E-state index contributed by atoms with van der Waals surface area (Å²) in [6, 6.07) is 11.4. The molecule has 3 rings (SSSR count). The smallest absolute Gasteiger partial charge is 0.261 e. The molecule has 0 spiro atoms. The van der Waals surface area contributed by atoms with Gasteiger partial charge in [-0.3, -0.25) is 9.69 Å². The molecule has 0 aliphatic carbocycles. The van der Waals surface area contributed by atoms with Crippen LogP contribution in [0.1, 0.15) is 16.8 Å². The third kappa shape index (κ3) is 5.63. The van der Waals surface area contributed by atoms with Gasteiger partial charge in [-0.25, -0.2) is 4.98 Å². The molecule has 1 heterocycles. The van der Waals surface area contributed by atoms with E-state index in [9.17, 15) is 4.79 Å². The number of aromatic nitrogens is 1. The maximum absolute atomic E-state index is 13.6. The number of methoxy groups -OCH3 is 2. The Labute approximate surface area is 197 Å². The highest BCUT2D eigenvalue weighted by Gasteiger charge is 2.25. The fourth-order valence-electron chi connectivity index (χ4n) is 3.19. The molecule has 2 aromatic carbocycles. The molecule has 0 atom stereocenters. The number of hydrogen-bond acceptors (Lipinski definition) is 7. The van der Waals surface area contributed by atoms with Crippen LogP contribution in [0.15, 0.2) is 41.3 Å². The second-order valence-electron chi connectivity index (χ2n) is 6.96. The summed E-state index contributed by atoms with van der Waals surface area (Å²) < 4.78 is 11.9. The van der Waals surface area contributed by atoms with Crippen molar-refractivity contribution in [2.75, 3.05) is 52.6 Å². The molecule has 0 saturated carbocycles. The Morgan fingerprint density at radius 2 is 1.74 bits per heavy atom. The van der Waals surface area contributed by atoms with Crippen LogP contribution in [0.25, 0.3) is 10.2 Å². The summed E-state index contributed by atoms with van der Waals surface area (Å²) in [5.41, 5.74) is 1.40. The Balaban J connectivity index is 0.00000341. The minimum absolute atomic E-state index is 0. The van der Waals surface area contributed by atoms with Gasteiger partial charge in [0.15, 0.2) is 5.13 Å². The molecule has 0 N–H and O–H groups in total. The van der Waals surface area contributed by atoms with Gasteiger partial charge in [-0.15, -0.1) is 24.2 Å². The van der Waals surface area contributed by atoms with Gasteiger partial charge in [0.25, 0.3) is 5.91 Å². The highest BCUT2D eigenvalue weighted by Crippen LogP contribution is 2.40. The monoisotopic (exact) mass is 481 g/mol. The van der Waals surface area contributed by atoms with Gasteiger partial charge in [-0.05, 0) is 57.6 Å². The number of ether oxygens (including phenoxy) is 2. The topological polar surface area (TPSA) is 54.9 Å². The summed E-state index contributed by atoms with van der Waals surface area (Å²) in [6.07, 6.45) is 2.82. The number of carbonyl (C=O) groups is 1. The van der Waals surface area contributed by atoms with Crippen LogP contribution in [0.3, 0.4) is 0 Å². The Morgan fingerprint density at radius 3 is 2.39 bits per heavy atom. The number of thiazole rings is 1. The normalized spacial score (nSPS) is 10.8. The van der Waals surface area contributed by atoms with Crippen molar-refractivity contribution in [2.45, 2.75) is 11.3 Å². The Morgan fingerprint density at radius 1 is 1.06 bits per heavy atom. The standard InChI is InChI=1S/C22H27N3O3S2.ClH/c1-24(2)13-8-14-25(21(26)15-9-6-7-10-18(15)29-5)22-23-19-16(27-3)11-12-17(28-4)20(19)30-22;/h6-7,9-12H,8,13-14H2,1-5H3;1H. The van der Waals surface area contributed by atoms with Gasteiger partial charge in [-0.1, -0.05) is 23.5 Å². The maximum Gasteiger partial charge on any atom is 0.261 e. The lowest BCUT2D eigenvalue weighted by molar-refractivity contribution is 0.0983. The number of hydrogen-bond donors (Lipinski definition) is 0. The fraction of sp³-hybridized carbons (Fsp3) is 0.364. The van der Waals surface area contributed by atoms with Crippen molar-refractivity contribution in [2.24, 2.45) is 0 Å². The molecular weight excluding hydrogens is 454 g/mol. The number of benzene rings is 2. The zero-order chi connectivity index (χ0) is 21.7. The minimum atomic E-state index is -0.0457. The van der Waals surface area contributed by atoms with Gasteiger partial charge in [-0.2, -0.15) is 0 Å². The van der Waals surface area contributed by atoms with Crippen LogP contribution >= 0.6 is 35.5 Å². The molecule has 0 saturated heterocycles. The molecule has 1 aromatic heterocycles. The van der Waals surface area contributed by atoms with Crippen molar-refractivity contribution in [1.82, 2.24) is 9.88 Å². The van der Waals surface area contributed by atoms with Crippen LogP contribution in [-0.2, 0) is 0 Å². The SMILES string of the molecule is COc1ccc(OC)c2sc(N(CCCN(C)C)C(=O)c3ccccc3SC)nc12.Cl. The molecule has 9 heteroatoms. The van der Waals surface area contributed by atoms with Crippen molar-refractivity contribution < 1.29 is 14.3 Å². The third-order valence-electron chi connectivity index (χ3n) is 4.70. The van der Waals surface area contributed by atoms with E-state index in [1.54, 1.807) is 30.9 Å². The lowest BCUT2D eigenvalue weighted by atomic mass is 10.2. The first-order valence-corrected chi connectivity index (χ1v) is 11.7. The summed E-state index contributed by atoms with van der Waals surface area (Å²) in [5, 5.41) is 0.646. The average Bonchev–Trinajstić information content (AvgIpc) is 3.20. The van der Waals surface area contributed by atoms with Crippen LogP contribution in [0.5, 0.6) is 11.5 Å². The van der Waals surface area contributed by atoms with Crippen molar-refractivity contribution in [3.63, 3.8) is 0 Å². The van der Waals surface area contributed by atoms with E-state index in [2.05, 4.69) is 4.90 Å². The molecule has 3 aromatic rings. The number of carbonyl (C=O) groups excluding carboxylic acids is 1. The molecule has 168 valence electrons. The van der Waals surface area contributed by atoms with Crippen LogP contribution in [0, 0.1) is 0 Å². The van der Waals surface area contributed by atoms with Gasteiger partial charge in [0.1, 0.15) is 21.7 Å². The number of anilines is 1. The van der Waals surface area contributed by atoms with Crippen molar-refractivity contribution in [3.8, 4) is 11.5 Å². The van der Waals surface area contributed by atoms with Crippen LogP contribution < -0.4 is 14.4 Å². The molecule has 0 aliphatic heterocycles. The molecular formula is C22H28ClN3O3S2. The first kappa shape index (κ1) is 25.3. The summed E-state index contributed by atoms with van der Waals surface area (Å²) >= 11 is 3.02. The highest BCUT2D eigenvalue weighted by atomic mass is 35.5. The highest BCUT2D eigenvalue weighted by molar-refractivity contribution is 7.98. The number of halogens is 1. The predicted octanol–water partition coefficient (Wildman–Crippen LogP) is 5.06. The third-order valence-corrected chi connectivity index (χ3v) is 6.59. The number of thioether (sulfide) groups is 1. The van der Waals surface area contributed by atoms with E-state index in [0.717, 1.165) is 28.3 Å². The Kier molecular flexibility index (Phi) is 9.43. The first-order chi connectivity index (χ1) is 14.5. The van der Waals surface area contributed by atoms with E-state index in [4.69, 9.17) is 14.5 Å². The van der Waals surface area contributed by atoms with Crippen LogP contribution in [0.4, 0.5) is 5.13 Å². The van der Waals surface area contributed by atoms with Gasteiger partial charge < -0.3 is 14.4 Å². The molecule has 6 nitrogen and oxygen atoms in total. The van der Waals surface area contributed by atoms with Crippen molar-refractivity contribution >= 4 is 56.8 Å². The summed E-state index contributed by atoms with van der Waals surface area (Å²) in [7, 11) is 7.32. The number of nitrogens with zero attached hydrogens (tertiary/aromatic N) is 3. The van der Waals surface area contributed by atoms with E-state index in [-0.39, 0.29) is 18.3 Å². The largest absolute Gasteiger partial charge is 0.495 e. The number of fused-ring (bicyclic) bond motifs is 1. The Bertz CT molecular complexity index is 985. The summed E-state index contributed by atoms with van der Waals surface area (Å²) in [6.45, 7) is 1.45. The van der Waals surface area contributed by atoms with Gasteiger partial charge in [0, 0.05) is 11.4 Å². The predicted molar refractivity (Wildman–Crippen MR) is 133 cm³/mol. The lowest BCUT2D eigenvalue weighted by Gasteiger charge is -2.22. The molecule has 0 bridgehead atoms. The van der Waals surface area contributed by atoms with Gasteiger partial charge >= 0.3 is 0 Å². The minimum Gasteiger partial charge on any atom is -0.495 e. The maximum atomic E-state index is 13.6. The second-order valence-corrected chi connectivity index (χ2v) is 8.78. The number of rotatable bonds is 9. The van der Waals surface area contributed by atoms with E-state index in [1.165, 1.54) is 11.3 Å². The summed E-state index contributed by atoms with van der Waals surface area (Å²) in [4.78, 5) is 23.2. The first-order valence-electron chi connectivity index (χ1n) is 9.61.